The second kappa shape index (κ2) is 8.13. The van der Waals surface area contributed by atoms with Crippen molar-refractivity contribution in [2.75, 3.05) is 33.4 Å². The van der Waals surface area contributed by atoms with Crippen LogP contribution in [-0.2, 0) is 4.74 Å². The quantitative estimate of drug-likeness (QED) is 0.864. The van der Waals surface area contributed by atoms with Gasteiger partial charge in [0.1, 0.15) is 0 Å². The molecule has 0 aromatic heterocycles. The van der Waals surface area contributed by atoms with Gasteiger partial charge in [-0.3, -0.25) is 0 Å². The molecule has 2 atom stereocenters. The predicted molar refractivity (Wildman–Crippen MR) is 86.7 cm³/mol. The predicted octanol–water partition coefficient (Wildman–Crippen LogP) is 3.20. The first-order valence-electron chi connectivity index (χ1n) is 7.42. The molecule has 112 valence electrons. The first kappa shape index (κ1) is 16.0. The van der Waals surface area contributed by atoms with Crippen molar-refractivity contribution < 1.29 is 4.74 Å². The molecule has 2 unspecified atom stereocenters. The Bertz CT molecular complexity index is 390. The summed E-state index contributed by atoms with van der Waals surface area (Å²) >= 11 is 3.45. The zero-order valence-corrected chi connectivity index (χ0v) is 13.8. The second-order valence-electron chi connectivity index (χ2n) is 5.79. The van der Waals surface area contributed by atoms with Crippen molar-refractivity contribution in [2.45, 2.75) is 25.3 Å². The van der Waals surface area contributed by atoms with Gasteiger partial charge in [-0.1, -0.05) is 28.1 Å². The van der Waals surface area contributed by atoms with Crippen LogP contribution in [0.2, 0.25) is 0 Å². The Hall–Kier alpha value is -0.420. The molecule has 1 aromatic carbocycles. The molecule has 2 N–H and O–H groups in total. The van der Waals surface area contributed by atoms with Gasteiger partial charge < -0.3 is 15.4 Å². The Morgan fingerprint density at radius 2 is 2.15 bits per heavy atom. The third kappa shape index (κ3) is 5.17. The summed E-state index contributed by atoms with van der Waals surface area (Å²) in [5.41, 5.74) is 7.47. The lowest BCUT2D eigenvalue weighted by atomic mass is 10.0. The molecule has 0 radical (unpaired) electrons. The van der Waals surface area contributed by atoms with E-state index in [0.717, 1.165) is 37.2 Å². The molecule has 1 fully saturated rings. The standard InChI is InChI=1S/C16H25BrN2O/c1-19(11-13-3-2-10-20-12-13)9-8-16(18)14-4-6-15(17)7-5-14/h4-7,13,16H,2-3,8-12,18H2,1H3. The van der Waals surface area contributed by atoms with E-state index >= 15 is 0 Å². The van der Waals surface area contributed by atoms with Crippen LogP contribution in [0.5, 0.6) is 0 Å². The Morgan fingerprint density at radius 1 is 1.40 bits per heavy atom. The molecule has 1 aliphatic rings. The highest BCUT2D eigenvalue weighted by Gasteiger charge is 2.16. The first-order valence-corrected chi connectivity index (χ1v) is 8.22. The third-order valence-corrected chi connectivity index (χ3v) is 4.47. The minimum absolute atomic E-state index is 0.119. The lowest BCUT2D eigenvalue weighted by Gasteiger charge is -2.27. The molecule has 0 amide bonds. The highest BCUT2D eigenvalue weighted by atomic mass is 79.9. The number of ether oxygens (including phenoxy) is 1. The van der Waals surface area contributed by atoms with Gasteiger partial charge in [0.15, 0.2) is 0 Å². The maximum absolute atomic E-state index is 6.26. The second-order valence-corrected chi connectivity index (χ2v) is 6.71. The van der Waals surface area contributed by atoms with E-state index < -0.39 is 0 Å². The van der Waals surface area contributed by atoms with E-state index in [1.165, 1.54) is 18.4 Å². The van der Waals surface area contributed by atoms with Crippen LogP contribution in [0, 0.1) is 5.92 Å². The number of hydrogen-bond acceptors (Lipinski definition) is 3. The van der Waals surface area contributed by atoms with Crippen LogP contribution in [0.25, 0.3) is 0 Å². The molecular formula is C16H25BrN2O. The number of nitrogens with zero attached hydrogens (tertiary/aromatic N) is 1. The Morgan fingerprint density at radius 3 is 2.80 bits per heavy atom. The third-order valence-electron chi connectivity index (χ3n) is 3.94. The van der Waals surface area contributed by atoms with Crippen molar-refractivity contribution in [3.63, 3.8) is 0 Å². The topological polar surface area (TPSA) is 38.5 Å². The maximum Gasteiger partial charge on any atom is 0.0506 e. The molecule has 1 heterocycles. The van der Waals surface area contributed by atoms with Crippen LogP contribution >= 0.6 is 15.9 Å². The van der Waals surface area contributed by atoms with Crippen molar-refractivity contribution in [3.05, 3.63) is 34.3 Å². The average Bonchev–Trinajstić information content (AvgIpc) is 2.46. The fourth-order valence-electron chi connectivity index (χ4n) is 2.72. The van der Waals surface area contributed by atoms with Crippen LogP contribution in [0.15, 0.2) is 28.7 Å². The van der Waals surface area contributed by atoms with E-state index in [0.29, 0.717) is 5.92 Å². The molecule has 3 nitrogen and oxygen atoms in total. The highest BCUT2D eigenvalue weighted by Crippen LogP contribution is 2.19. The van der Waals surface area contributed by atoms with Gasteiger partial charge in [-0.2, -0.15) is 0 Å². The van der Waals surface area contributed by atoms with Crippen LogP contribution in [0.4, 0.5) is 0 Å². The molecule has 20 heavy (non-hydrogen) atoms. The minimum Gasteiger partial charge on any atom is -0.381 e. The van der Waals surface area contributed by atoms with Crippen molar-refractivity contribution in [1.82, 2.24) is 4.90 Å². The van der Waals surface area contributed by atoms with Crippen molar-refractivity contribution in [2.24, 2.45) is 11.7 Å². The summed E-state index contributed by atoms with van der Waals surface area (Å²) in [5, 5.41) is 0. The van der Waals surface area contributed by atoms with E-state index in [2.05, 4.69) is 52.1 Å². The maximum atomic E-state index is 6.26. The minimum atomic E-state index is 0.119. The van der Waals surface area contributed by atoms with Crippen LogP contribution in [0.1, 0.15) is 30.9 Å². The lowest BCUT2D eigenvalue weighted by molar-refractivity contribution is 0.0417. The fraction of sp³-hybridized carbons (Fsp3) is 0.625. The highest BCUT2D eigenvalue weighted by molar-refractivity contribution is 9.10. The molecule has 0 aliphatic carbocycles. The molecule has 4 heteroatoms. The fourth-order valence-corrected chi connectivity index (χ4v) is 2.98. The number of benzene rings is 1. The van der Waals surface area contributed by atoms with Crippen LogP contribution in [-0.4, -0.2) is 38.3 Å². The van der Waals surface area contributed by atoms with Gasteiger partial charge in [-0.05, 0) is 56.5 Å². The van der Waals surface area contributed by atoms with Gasteiger partial charge in [-0.15, -0.1) is 0 Å². The van der Waals surface area contributed by atoms with Gasteiger partial charge in [0.25, 0.3) is 0 Å². The summed E-state index contributed by atoms with van der Waals surface area (Å²) in [4.78, 5) is 2.39. The summed E-state index contributed by atoms with van der Waals surface area (Å²) in [6.07, 6.45) is 3.49. The normalized spacial score (nSPS) is 21.1. The number of halogens is 1. The molecule has 1 aliphatic heterocycles. The Kier molecular flexibility index (Phi) is 6.49. The van der Waals surface area contributed by atoms with Gasteiger partial charge >= 0.3 is 0 Å². The van der Waals surface area contributed by atoms with Gasteiger partial charge in [-0.25, -0.2) is 0 Å². The summed E-state index contributed by atoms with van der Waals surface area (Å²) in [5.74, 6) is 0.692. The number of nitrogens with two attached hydrogens (primary N) is 1. The summed E-state index contributed by atoms with van der Waals surface area (Å²) in [6, 6.07) is 8.43. The van der Waals surface area contributed by atoms with E-state index in [1.807, 2.05) is 0 Å². The number of hydrogen-bond donors (Lipinski definition) is 1. The van der Waals surface area contributed by atoms with E-state index in [-0.39, 0.29) is 6.04 Å². The molecular weight excluding hydrogens is 316 g/mol. The molecule has 2 rings (SSSR count). The van der Waals surface area contributed by atoms with Crippen LogP contribution in [0.3, 0.4) is 0 Å². The molecule has 1 saturated heterocycles. The Labute approximate surface area is 130 Å². The molecule has 0 saturated carbocycles. The summed E-state index contributed by atoms with van der Waals surface area (Å²) in [7, 11) is 2.18. The molecule has 0 bridgehead atoms. The monoisotopic (exact) mass is 340 g/mol. The van der Waals surface area contributed by atoms with E-state index in [9.17, 15) is 0 Å². The molecule has 0 spiro atoms. The first-order chi connectivity index (χ1) is 9.65. The van der Waals surface area contributed by atoms with E-state index in [1.54, 1.807) is 0 Å². The van der Waals surface area contributed by atoms with Crippen molar-refractivity contribution in [3.8, 4) is 0 Å². The van der Waals surface area contributed by atoms with Gasteiger partial charge in [0, 0.05) is 23.7 Å². The van der Waals surface area contributed by atoms with Gasteiger partial charge in [0.2, 0.25) is 0 Å². The van der Waals surface area contributed by atoms with Crippen LogP contribution < -0.4 is 5.73 Å². The summed E-state index contributed by atoms with van der Waals surface area (Å²) < 4.78 is 6.63. The van der Waals surface area contributed by atoms with Crippen molar-refractivity contribution >= 4 is 15.9 Å². The summed E-state index contributed by atoms with van der Waals surface area (Å²) in [6.45, 7) is 4.01. The zero-order chi connectivity index (χ0) is 14.4. The number of rotatable bonds is 6. The molecule has 1 aromatic rings. The largest absolute Gasteiger partial charge is 0.381 e. The smallest absolute Gasteiger partial charge is 0.0506 e. The lowest BCUT2D eigenvalue weighted by Crippen LogP contribution is -2.32. The van der Waals surface area contributed by atoms with E-state index in [4.69, 9.17) is 10.5 Å². The SMILES string of the molecule is CN(CCC(N)c1ccc(Br)cc1)CC1CCCOC1. The zero-order valence-electron chi connectivity index (χ0n) is 12.2. The Balaban J connectivity index is 1.71. The van der Waals surface area contributed by atoms with Gasteiger partial charge in [0.05, 0.1) is 6.61 Å². The van der Waals surface area contributed by atoms with Crippen molar-refractivity contribution in [1.29, 1.82) is 0 Å². The average molecular weight is 341 g/mol.